The first-order valence-corrected chi connectivity index (χ1v) is 9.13. The summed E-state index contributed by atoms with van der Waals surface area (Å²) in [5.74, 6) is -0.170. The predicted molar refractivity (Wildman–Crippen MR) is 102 cm³/mol. The van der Waals surface area contributed by atoms with Crippen LogP contribution in [0, 0.1) is 6.92 Å². The highest BCUT2D eigenvalue weighted by atomic mass is 16.1. The van der Waals surface area contributed by atoms with Crippen molar-refractivity contribution in [2.45, 2.75) is 32.4 Å². The highest BCUT2D eigenvalue weighted by molar-refractivity contribution is 5.96. The summed E-state index contributed by atoms with van der Waals surface area (Å²) in [6, 6.07) is 8.53. The Balaban J connectivity index is 1.38. The Labute approximate surface area is 156 Å². The first-order chi connectivity index (χ1) is 13.1. The van der Waals surface area contributed by atoms with E-state index in [-0.39, 0.29) is 5.91 Å². The highest BCUT2D eigenvalue weighted by Gasteiger charge is 2.25. The second kappa shape index (κ2) is 5.90. The summed E-state index contributed by atoms with van der Waals surface area (Å²) in [5.41, 5.74) is 5.20. The molecule has 1 aliphatic carbocycles. The third-order valence-corrected chi connectivity index (χ3v) is 5.11. The van der Waals surface area contributed by atoms with Crippen LogP contribution in [0.15, 0.2) is 36.8 Å². The molecule has 3 heterocycles. The molecular formula is C20H20N6O. The second-order valence-corrected chi connectivity index (χ2v) is 7.22. The Bertz CT molecular complexity index is 1180. The van der Waals surface area contributed by atoms with Crippen LogP contribution in [0.25, 0.3) is 22.1 Å². The van der Waals surface area contributed by atoms with Crippen LogP contribution in [0.4, 0.5) is 0 Å². The topological polar surface area (TPSA) is 77.6 Å². The molecule has 0 bridgehead atoms. The minimum Gasteiger partial charge on any atom is -0.346 e. The zero-order valence-electron chi connectivity index (χ0n) is 15.3. The van der Waals surface area contributed by atoms with Gasteiger partial charge in [0.05, 0.1) is 29.6 Å². The van der Waals surface area contributed by atoms with Crippen LogP contribution in [-0.2, 0) is 13.6 Å². The lowest BCUT2D eigenvalue weighted by atomic mass is 10.1. The molecule has 1 saturated carbocycles. The van der Waals surface area contributed by atoms with Gasteiger partial charge < -0.3 is 9.88 Å². The van der Waals surface area contributed by atoms with Gasteiger partial charge in [0, 0.05) is 24.7 Å². The molecule has 0 unspecified atom stereocenters. The number of nitrogens with one attached hydrogen (secondary N) is 1. The molecule has 27 heavy (non-hydrogen) atoms. The monoisotopic (exact) mass is 360 g/mol. The molecule has 1 aromatic carbocycles. The van der Waals surface area contributed by atoms with Crippen LogP contribution < -0.4 is 5.32 Å². The Morgan fingerprint density at radius 2 is 2.11 bits per heavy atom. The summed E-state index contributed by atoms with van der Waals surface area (Å²) in [6.07, 6.45) is 5.79. The van der Waals surface area contributed by atoms with Crippen molar-refractivity contribution in [1.29, 1.82) is 0 Å². The molecule has 0 atom stereocenters. The fourth-order valence-electron chi connectivity index (χ4n) is 3.51. The third-order valence-electron chi connectivity index (χ3n) is 5.11. The van der Waals surface area contributed by atoms with Crippen molar-refractivity contribution in [2.24, 2.45) is 7.05 Å². The molecule has 0 aliphatic heterocycles. The lowest BCUT2D eigenvalue weighted by molar-refractivity contribution is 0.0950. The first-order valence-electron chi connectivity index (χ1n) is 9.13. The number of benzene rings is 1. The zero-order valence-corrected chi connectivity index (χ0v) is 15.3. The number of aromatic nitrogens is 5. The van der Waals surface area contributed by atoms with Gasteiger partial charge in [-0.05, 0) is 38.0 Å². The molecule has 3 aromatic heterocycles. The number of imidazole rings is 1. The quantitative estimate of drug-likeness (QED) is 0.607. The maximum Gasteiger partial charge on any atom is 0.253 e. The molecule has 136 valence electrons. The van der Waals surface area contributed by atoms with Gasteiger partial charge in [-0.1, -0.05) is 11.6 Å². The van der Waals surface area contributed by atoms with Gasteiger partial charge in [-0.25, -0.2) is 9.97 Å². The highest BCUT2D eigenvalue weighted by Crippen LogP contribution is 2.36. The summed E-state index contributed by atoms with van der Waals surface area (Å²) in [7, 11) is 1.91. The standard InChI is InChI=1S/C20H20N6O/c1-12-3-6-18-15(7-12)17(24-25(18)2)10-22-20(27)13-8-16-19(21-9-13)26(11-23-16)14-4-5-14/h3,6-9,11,14H,4-5,10H2,1-2H3,(H,22,27). The van der Waals surface area contributed by atoms with Crippen LogP contribution in [0.5, 0.6) is 0 Å². The Kier molecular flexibility index (Phi) is 3.50. The molecule has 4 aromatic rings. The van der Waals surface area contributed by atoms with Gasteiger partial charge in [0.2, 0.25) is 0 Å². The third kappa shape index (κ3) is 2.75. The molecule has 0 saturated heterocycles. The fourth-order valence-corrected chi connectivity index (χ4v) is 3.51. The van der Waals surface area contributed by atoms with Crippen molar-refractivity contribution in [2.75, 3.05) is 0 Å². The average molecular weight is 360 g/mol. The maximum absolute atomic E-state index is 12.6. The summed E-state index contributed by atoms with van der Waals surface area (Å²) >= 11 is 0. The van der Waals surface area contributed by atoms with E-state index in [1.165, 1.54) is 18.4 Å². The van der Waals surface area contributed by atoms with E-state index >= 15 is 0 Å². The van der Waals surface area contributed by atoms with Crippen LogP contribution >= 0.6 is 0 Å². The number of aryl methyl sites for hydroxylation is 2. The molecule has 5 rings (SSSR count). The predicted octanol–water partition coefficient (Wildman–Crippen LogP) is 2.89. The van der Waals surface area contributed by atoms with Crippen LogP contribution in [0.3, 0.4) is 0 Å². The van der Waals surface area contributed by atoms with E-state index in [1.54, 1.807) is 12.3 Å². The maximum atomic E-state index is 12.6. The van der Waals surface area contributed by atoms with Gasteiger partial charge in [0.15, 0.2) is 5.65 Å². The van der Waals surface area contributed by atoms with Crippen molar-refractivity contribution < 1.29 is 4.79 Å². The molecule has 1 fully saturated rings. The smallest absolute Gasteiger partial charge is 0.253 e. The molecular weight excluding hydrogens is 340 g/mol. The van der Waals surface area contributed by atoms with E-state index in [2.05, 4.69) is 50.1 Å². The number of amides is 1. The Morgan fingerprint density at radius 1 is 1.26 bits per heavy atom. The number of fused-ring (bicyclic) bond motifs is 2. The van der Waals surface area contributed by atoms with Crippen molar-refractivity contribution in [3.63, 3.8) is 0 Å². The van der Waals surface area contributed by atoms with E-state index in [4.69, 9.17) is 0 Å². The number of carbonyl (C=O) groups excluding carboxylic acids is 1. The second-order valence-electron chi connectivity index (χ2n) is 7.22. The van der Waals surface area contributed by atoms with Gasteiger partial charge in [0.25, 0.3) is 5.91 Å². The molecule has 7 heteroatoms. The number of nitrogens with zero attached hydrogens (tertiary/aromatic N) is 5. The SMILES string of the molecule is Cc1ccc2c(c1)c(CNC(=O)c1cnc3c(c1)ncn3C1CC1)nn2C. The Morgan fingerprint density at radius 3 is 2.93 bits per heavy atom. The summed E-state index contributed by atoms with van der Waals surface area (Å²) < 4.78 is 3.94. The molecule has 1 aliphatic rings. The minimum atomic E-state index is -0.170. The lowest BCUT2D eigenvalue weighted by Gasteiger charge is -2.05. The van der Waals surface area contributed by atoms with Gasteiger partial charge in [-0.2, -0.15) is 5.10 Å². The minimum absolute atomic E-state index is 0.170. The van der Waals surface area contributed by atoms with Gasteiger partial charge in [-0.15, -0.1) is 0 Å². The summed E-state index contributed by atoms with van der Waals surface area (Å²) in [6.45, 7) is 2.42. The van der Waals surface area contributed by atoms with E-state index in [0.29, 0.717) is 18.2 Å². The summed E-state index contributed by atoms with van der Waals surface area (Å²) in [5, 5.41) is 8.57. The lowest BCUT2D eigenvalue weighted by Crippen LogP contribution is -2.23. The van der Waals surface area contributed by atoms with E-state index in [0.717, 1.165) is 27.8 Å². The van der Waals surface area contributed by atoms with Crippen molar-refractivity contribution in [3.8, 4) is 0 Å². The molecule has 1 N–H and O–H groups in total. The van der Waals surface area contributed by atoms with Gasteiger partial charge in [0.1, 0.15) is 5.52 Å². The van der Waals surface area contributed by atoms with Crippen LogP contribution in [-0.4, -0.2) is 30.2 Å². The van der Waals surface area contributed by atoms with E-state index in [1.807, 2.05) is 18.1 Å². The molecule has 0 spiro atoms. The normalized spacial score (nSPS) is 14.1. The zero-order chi connectivity index (χ0) is 18.5. The van der Waals surface area contributed by atoms with Crippen LogP contribution in [0.1, 0.15) is 40.5 Å². The van der Waals surface area contributed by atoms with Crippen molar-refractivity contribution in [1.82, 2.24) is 29.6 Å². The molecule has 0 radical (unpaired) electrons. The van der Waals surface area contributed by atoms with Crippen LogP contribution in [0.2, 0.25) is 0 Å². The average Bonchev–Trinajstić information content (AvgIpc) is 3.35. The largest absolute Gasteiger partial charge is 0.346 e. The Hall–Kier alpha value is -3.22. The number of rotatable bonds is 4. The van der Waals surface area contributed by atoms with Gasteiger partial charge >= 0.3 is 0 Å². The van der Waals surface area contributed by atoms with E-state index in [9.17, 15) is 4.79 Å². The molecule has 1 amide bonds. The number of pyridine rings is 1. The van der Waals surface area contributed by atoms with Crippen molar-refractivity contribution in [3.05, 3.63) is 53.6 Å². The number of hydrogen-bond donors (Lipinski definition) is 1. The fraction of sp³-hybridized carbons (Fsp3) is 0.300. The number of hydrogen-bond acceptors (Lipinski definition) is 4. The van der Waals surface area contributed by atoms with Crippen molar-refractivity contribution >= 4 is 28.0 Å². The van der Waals surface area contributed by atoms with Gasteiger partial charge in [-0.3, -0.25) is 9.48 Å². The summed E-state index contributed by atoms with van der Waals surface area (Å²) in [4.78, 5) is 21.5. The molecule has 7 nitrogen and oxygen atoms in total. The van der Waals surface area contributed by atoms with E-state index < -0.39 is 0 Å². The first kappa shape index (κ1) is 16.0. The number of carbonyl (C=O) groups is 1.